The second-order valence-corrected chi connectivity index (χ2v) is 5.67. The third-order valence-electron chi connectivity index (χ3n) is 4.29. The van der Waals surface area contributed by atoms with E-state index < -0.39 is 29.5 Å². The first kappa shape index (κ1) is 15.3. The Labute approximate surface area is 122 Å². The monoisotopic (exact) mass is 297 g/mol. The van der Waals surface area contributed by atoms with E-state index in [1.54, 1.807) is 0 Å². The lowest BCUT2D eigenvalue weighted by Gasteiger charge is -2.34. The average molecular weight is 297 g/mol. The molecule has 2 aliphatic heterocycles. The van der Waals surface area contributed by atoms with Crippen LogP contribution >= 0.6 is 0 Å². The highest BCUT2D eigenvalue weighted by Gasteiger charge is 2.47. The van der Waals surface area contributed by atoms with E-state index in [9.17, 15) is 24.3 Å². The molecule has 0 aromatic rings. The molecule has 0 aromatic carbocycles. The van der Waals surface area contributed by atoms with E-state index in [2.05, 4.69) is 5.32 Å². The number of carbonyl (C=O) groups is 4. The van der Waals surface area contributed by atoms with Gasteiger partial charge >= 0.3 is 12.0 Å². The number of urea groups is 1. The Hall–Kier alpha value is -2.12. The SMILES string of the molecule is CN1C(=O)CCC(NC(=O)N2CCCC2(C)C(=O)O)C1=O. The van der Waals surface area contributed by atoms with Gasteiger partial charge in [-0.15, -0.1) is 0 Å². The smallest absolute Gasteiger partial charge is 0.329 e. The summed E-state index contributed by atoms with van der Waals surface area (Å²) in [7, 11) is 1.38. The van der Waals surface area contributed by atoms with Gasteiger partial charge in [-0.25, -0.2) is 9.59 Å². The van der Waals surface area contributed by atoms with Crippen LogP contribution in [0.5, 0.6) is 0 Å². The first-order valence-corrected chi connectivity index (χ1v) is 6.89. The van der Waals surface area contributed by atoms with Gasteiger partial charge in [0.25, 0.3) is 5.91 Å². The number of piperidine rings is 1. The molecule has 2 aliphatic rings. The molecule has 0 aliphatic carbocycles. The number of carboxylic acid groups (broad SMARTS) is 1. The van der Waals surface area contributed by atoms with E-state index in [1.807, 2.05) is 0 Å². The predicted molar refractivity (Wildman–Crippen MR) is 71.3 cm³/mol. The maximum atomic E-state index is 12.3. The summed E-state index contributed by atoms with van der Waals surface area (Å²) in [6.45, 7) is 1.84. The number of nitrogens with one attached hydrogen (secondary N) is 1. The molecule has 0 bridgehead atoms. The molecule has 2 atom stereocenters. The van der Waals surface area contributed by atoms with E-state index in [4.69, 9.17) is 0 Å². The second-order valence-electron chi connectivity index (χ2n) is 5.67. The Morgan fingerprint density at radius 1 is 1.38 bits per heavy atom. The first-order chi connectivity index (χ1) is 9.77. The first-order valence-electron chi connectivity index (χ1n) is 6.89. The highest BCUT2D eigenvalue weighted by atomic mass is 16.4. The van der Waals surface area contributed by atoms with Crippen molar-refractivity contribution in [1.82, 2.24) is 15.1 Å². The van der Waals surface area contributed by atoms with Crippen molar-refractivity contribution in [3.63, 3.8) is 0 Å². The van der Waals surface area contributed by atoms with Gasteiger partial charge < -0.3 is 15.3 Å². The fourth-order valence-corrected chi connectivity index (χ4v) is 2.79. The number of nitrogens with zero attached hydrogens (tertiary/aromatic N) is 2. The number of imide groups is 1. The summed E-state index contributed by atoms with van der Waals surface area (Å²) >= 11 is 0. The molecule has 21 heavy (non-hydrogen) atoms. The number of rotatable bonds is 2. The lowest BCUT2D eigenvalue weighted by molar-refractivity contribution is -0.147. The summed E-state index contributed by atoms with van der Waals surface area (Å²) < 4.78 is 0. The van der Waals surface area contributed by atoms with Crippen LogP contribution in [0.3, 0.4) is 0 Å². The zero-order valence-electron chi connectivity index (χ0n) is 12.1. The molecule has 2 N–H and O–H groups in total. The molecule has 4 amide bonds. The molecule has 8 heteroatoms. The summed E-state index contributed by atoms with van der Waals surface area (Å²) in [6.07, 6.45) is 1.41. The van der Waals surface area contributed by atoms with Crippen LogP contribution in [-0.4, -0.2) is 63.9 Å². The van der Waals surface area contributed by atoms with Gasteiger partial charge in [-0.1, -0.05) is 0 Å². The van der Waals surface area contributed by atoms with E-state index in [-0.39, 0.29) is 18.7 Å². The van der Waals surface area contributed by atoms with E-state index in [1.165, 1.54) is 18.9 Å². The fourth-order valence-electron chi connectivity index (χ4n) is 2.79. The minimum absolute atomic E-state index is 0.184. The molecule has 2 heterocycles. The minimum atomic E-state index is -1.25. The van der Waals surface area contributed by atoms with Gasteiger partial charge in [-0.3, -0.25) is 14.5 Å². The van der Waals surface area contributed by atoms with Gasteiger partial charge in [-0.05, 0) is 26.2 Å². The predicted octanol–water partition coefficient (Wildman–Crippen LogP) is -0.217. The number of carbonyl (C=O) groups excluding carboxylic acids is 3. The zero-order chi connectivity index (χ0) is 15.8. The van der Waals surface area contributed by atoms with Crippen molar-refractivity contribution in [2.24, 2.45) is 0 Å². The molecule has 2 fully saturated rings. The topological polar surface area (TPSA) is 107 Å². The number of likely N-dealkylation sites (tertiary alicyclic amines) is 2. The van der Waals surface area contributed by atoms with Crippen LogP contribution in [0.2, 0.25) is 0 Å². The minimum Gasteiger partial charge on any atom is -0.480 e. The number of amides is 4. The molecule has 0 saturated carbocycles. The van der Waals surface area contributed by atoms with Gasteiger partial charge in [0, 0.05) is 20.0 Å². The molecule has 2 saturated heterocycles. The van der Waals surface area contributed by atoms with Gasteiger partial charge in [0.15, 0.2) is 0 Å². The average Bonchev–Trinajstić information content (AvgIpc) is 2.83. The van der Waals surface area contributed by atoms with Crippen molar-refractivity contribution in [2.75, 3.05) is 13.6 Å². The van der Waals surface area contributed by atoms with E-state index in [0.29, 0.717) is 19.4 Å². The summed E-state index contributed by atoms with van der Waals surface area (Å²) in [5.74, 6) is -1.80. The highest BCUT2D eigenvalue weighted by Crippen LogP contribution is 2.29. The molecular weight excluding hydrogens is 278 g/mol. The molecule has 116 valence electrons. The highest BCUT2D eigenvalue weighted by molar-refractivity contribution is 6.01. The molecule has 2 rings (SSSR count). The van der Waals surface area contributed by atoms with Crippen molar-refractivity contribution in [3.8, 4) is 0 Å². The van der Waals surface area contributed by atoms with E-state index >= 15 is 0 Å². The van der Waals surface area contributed by atoms with Crippen LogP contribution < -0.4 is 5.32 Å². The Balaban J connectivity index is 2.06. The molecule has 0 aromatic heterocycles. The number of aliphatic carboxylic acids is 1. The van der Waals surface area contributed by atoms with Gasteiger partial charge in [0.2, 0.25) is 5.91 Å². The van der Waals surface area contributed by atoms with Gasteiger partial charge in [0.1, 0.15) is 11.6 Å². The van der Waals surface area contributed by atoms with Gasteiger partial charge in [0.05, 0.1) is 0 Å². The maximum Gasteiger partial charge on any atom is 0.329 e. The number of carboxylic acids is 1. The van der Waals surface area contributed by atoms with Crippen molar-refractivity contribution in [1.29, 1.82) is 0 Å². The van der Waals surface area contributed by atoms with Gasteiger partial charge in [-0.2, -0.15) is 0 Å². The third kappa shape index (κ3) is 2.57. The van der Waals surface area contributed by atoms with Crippen molar-refractivity contribution < 1.29 is 24.3 Å². The second kappa shape index (κ2) is 5.34. The summed E-state index contributed by atoms with van der Waals surface area (Å²) in [6, 6.07) is -1.35. The quantitative estimate of drug-likeness (QED) is 0.685. The summed E-state index contributed by atoms with van der Waals surface area (Å²) in [5, 5.41) is 11.8. The molecule has 0 spiro atoms. The standard InChI is InChI=1S/C13H19N3O5/c1-13(11(19)20)6-3-7-16(13)12(21)14-8-4-5-9(17)15(2)10(8)18/h8H,3-7H2,1-2H3,(H,14,21)(H,19,20). The largest absolute Gasteiger partial charge is 0.480 e. The van der Waals surface area contributed by atoms with Crippen molar-refractivity contribution in [3.05, 3.63) is 0 Å². The third-order valence-corrected chi connectivity index (χ3v) is 4.29. The zero-order valence-corrected chi connectivity index (χ0v) is 12.1. The summed E-state index contributed by atoms with van der Waals surface area (Å²) in [4.78, 5) is 49.2. The fraction of sp³-hybridized carbons (Fsp3) is 0.692. The molecule has 0 radical (unpaired) electrons. The number of hydrogen-bond donors (Lipinski definition) is 2. The lowest BCUT2D eigenvalue weighted by Crippen LogP contribution is -2.59. The van der Waals surface area contributed by atoms with E-state index in [0.717, 1.165) is 4.90 Å². The maximum absolute atomic E-state index is 12.3. The molecule has 2 unspecified atom stereocenters. The summed E-state index contributed by atoms with van der Waals surface area (Å²) in [5.41, 5.74) is -1.25. The molecular formula is C13H19N3O5. The van der Waals surface area contributed by atoms with Crippen molar-refractivity contribution >= 4 is 23.8 Å². The number of hydrogen-bond acceptors (Lipinski definition) is 4. The normalized spacial score (nSPS) is 29.7. The lowest BCUT2D eigenvalue weighted by atomic mass is 9.99. The Bertz CT molecular complexity index is 506. The Kier molecular flexibility index (Phi) is 3.89. The van der Waals surface area contributed by atoms with Crippen LogP contribution in [0.4, 0.5) is 4.79 Å². The Morgan fingerprint density at radius 3 is 2.67 bits per heavy atom. The van der Waals surface area contributed by atoms with Crippen LogP contribution in [0.1, 0.15) is 32.6 Å². The molecule has 8 nitrogen and oxygen atoms in total. The van der Waals surface area contributed by atoms with Crippen LogP contribution in [0.25, 0.3) is 0 Å². The van der Waals surface area contributed by atoms with Crippen LogP contribution in [-0.2, 0) is 14.4 Å². The number of likely N-dealkylation sites (N-methyl/N-ethyl adjacent to an activating group) is 1. The van der Waals surface area contributed by atoms with Crippen molar-refractivity contribution in [2.45, 2.75) is 44.2 Å². The van der Waals surface area contributed by atoms with Crippen LogP contribution in [0, 0.1) is 0 Å². The van der Waals surface area contributed by atoms with Crippen LogP contribution in [0.15, 0.2) is 0 Å². The Morgan fingerprint density at radius 2 is 2.05 bits per heavy atom.